The molecule has 1 rings (SSSR count). The van der Waals surface area contributed by atoms with Gasteiger partial charge in [-0.2, -0.15) is 0 Å². The zero-order valence-electron chi connectivity index (χ0n) is 4.02. The van der Waals surface area contributed by atoms with Gasteiger partial charge in [-0.3, -0.25) is 0 Å². The third-order valence-electron chi connectivity index (χ3n) is 0.985. The van der Waals surface area contributed by atoms with Gasteiger partial charge in [0.15, 0.2) is 0 Å². The Morgan fingerprint density at radius 2 is 2.57 bits per heavy atom. The second-order valence-corrected chi connectivity index (χ2v) is 1.52. The normalized spacial score (nSPS) is 16.9. The quantitative estimate of drug-likeness (QED) is 0.475. The van der Waals surface area contributed by atoms with Gasteiger partial charge in [0.1, 0.15) is 0 Å². The van der Waals surface area contributed by atoms with Gasteiger partial charge in [0, 0.05) is 6.21 Å². The molecule has 0 aromatic heterocycles. The molecule has 0 aliphatic heterocycles. The molecular formula is C6H7N. The monoisotopic (exact) mass is 93.1 g/mol. The van der Waals surface area contributed by atoms with Crippen LogP contribution in [0, 0.1) is 5.41 Å². The molecule has 0 aromatic carbocycles. The van der Waals surface area contributed by atoms with E-state index in [1.807, 2.05) is 18.2 Å². The van der Waals surface area contributed by atoms with Crippen LogP contribution in [0.4, 0.5) is 0 Å². The highest BCUT2D eigenvalue weighted by molar-refractivity contribution is 5.77. The number of rotatable bonds is 1. The predicted octanol–water partition coefficient (Wildman–Crippen LogP) is 1.52. The molecule has 0 saturated heterocycles. The number of hydrogen-bond acceptors (Lipinski definition) is 1. The molecule has 0 aromatic rings. The van der Waals surface area contributed by atoms with Crippen LogP contribution in [0.25, 0.3) is 0 Å². The lowest BCUT2D eigenvalue weighted by atomic mass is 10.3. The van der Waals surface area contributed by atoms with Gasteiger partial charge in [-0.1, -0.05) is 18.2 Å². The van der Waals surface area contributed by atoms with Crippen LogP contribution in [0.3, 0.4) is 0 Å². The van der Waals surface area contributed by atoms with Gasteiger partial charge >= 0.3 is 0 Å². The van der Waals surface area contributed by atoms with Gasteiger partial charge < -0.3 is 5.41 Å². The summed E-state index contributed by atoms with van der Waals surface area (Å²) >= 11 is 0. The lowest BCUT2D eigenvalue weighted by Crippen LogP contribution is -1.72. The molecule has 1 nitrogen and oxygen atoms in total. The third-order valence-corrected chi connectivity index (χ3v) is 0.985. The molecule has 0 fully saturated rings. The van der Waals surface area contributed by atoms with E-state index in [2.05, 4.69) is 0 Å². The summed E-state index contributed by atoms with van der Waals surface area (Å²) in [5.41, 5.74) is 1.10. The Kier molecular flexibility index (Phi) is 1.07. The molecule has 36 valence electrons. The van der Waals surface area contributed by atoms with Crippen LogP contribution in [0.1, 0.15) is 6.42 Å². The van der Waals surface area contributed by atoms with Crippen LogP contribution in [0.5, 0.6) is 0 Å². The molecule has 1 aliphatic carbocycles. The van der Waals surface area contributed by atoms with Gasteiger partial charge in [-0.15, -0.1) is 0 Å². The Hall–Kier alpha value is -0.850. The lowest BCUT2D eigenvalue weighted by Gasteiger charge is -1.81. The van der Waals surface area contributed by atoms with Crippen molar-refractivity contribution in [3.63, 3.8) is 0 Å². The van der Waals surface area contributed by atoms with Crippen molar-refractivity contribution in [1.82, 2.24) is 0 Å². The summed E-state index contributed by atoms with van der Waals surface area (Å²) in [5, 5.41) is 6.77. The molecule has 0 amide bonds. The second-order valence-electron chi connectivity index (χ2n) is 1.52. The molecule has 0 bridgehead atoms. The number of allylic oxidation sites excluding steroid dienone is 4. The number of hydrogen-bond donors (Lipinski definition) is 1. The van der Waals surface area contributed by atoms with Crippen LogP contribution in [0.15, 0.2) is 23.8 Å². The average molecular weight is 93.1 g/mol. The van der Waals surface area contributed by atoms with Crippen LogP contribution < -0.4 is 0 Å². The summed E-state index contributed by atoms with van der Waals surface area (Å²) in [4.78, 5) is 0. The fourth-order valence-electron chi connectivity index (χ4n) is 0.571. The van der Waals surface area contributed by atoms with Crippen molar-refractivity contribution in [3.05, 3.63) is 23.8 Å². The van der Waals surface area contributed by atoms with Crippen molar-refractivity contribution in [2.75, 3.05) is 0 Å². The fourth-order valence-corrected chi connectivity index (χ4v) is 0.571. The van der Waals surface area contributed by atoms with Crippen molar-refractivity contribution >= 4 is 6.21 Å². The van der Waals surface area contributed by atoms with Gasteiger partial charge in [0.2, 0.25) is 0 Å². The Balaban J connectivity index is 2.61. The highest BCUT2D eigenvalue weighted by Crippen LogP contribution is 2.05. The molecule has 0 atom stereocenters. The highest BCUT2D eigenvalue weighted by Gasteiger charge is 1.90. The first-order chi connectivity index (χ1) is 3.43. The maximum atomic E-state index is 6.77. The summed E-state index contributed by atoms with van der Waals surface area (Å²) < 4.78 is 0. The summed E-state index contributed by atoms with van der Waals surface area (Å²) in [6.07, 6.45) is 8.30. The maximum absolute atomic E-state index is 6.77. The summed E-state index contributed by atoms with van der Waals surface area (Å²) in [5.74, 6) is 0. The van der Waals surface area contributed by atoms with Gasteiger partial charge in [-0.25, -0.2) is 0 Å². The largest absolute Gasteiger partial charge is 0.308 e. The van der Waals surface area contributed by atoms with E-state index in [1.54, 1.807) is 0 Å². The standard InChI is InChI=1S/C6H7N/c7-5-6-3-1-2-4-6/h1-3,5,7H,4H2. The molecule has 0 saturated carbocycles. The molecule has 1 N–H and O–H groups in total. The minimum Gasteiger partial charge on any atom is -0.308 e. The summed E-state index contributed by atoms with van der Waals surface area (Å²) in [6, 6.07) is 0. The zero-order valence-corrected chi connectivity index (χ0v) is 4.02. The van der Waals surface area contributed by atoms with Crippen molar-refractivity contribution in [3.8, 4) is 0 Å². The molecule has 0 spiro atoms. The van der Waals surface area contributed by atoms with E-state index in [4.69, 9.17) is 5.41 Å². The average Bonchev–Trinajstić information content (AvgIpc) is 2.14. The van der Waals surface area contributed by atoms with Crippen molar-refractivity contribution in [2.45, 2.75) is 6.42 Å². The van der Waals surface area contributed by atoms with Gasteiger partial charge in [0.05, 0.1) is 0 Å². The van der Waals surface area contributed by atoms with Crippen LogP contribution >= 0.6 is 0 Å². The topological polar surface area (TPSA) is 23.9 Å². The van der Waals surface area contributed by atoms with Gasteiger partial charge in [0.25, 0.3) is 0 Å². The smallest absolute Gasteiger partial charge is 0.0212 e. The SMILES string of the molecule is N=CC1=CC=CC1. The van der Waals surface area contributed by atoms with E-state index in [1.165, 1.54) is 6.21 Å². The third kappa shape index (κ3) is 0.769. The first-order valence-corrected chi connectivity index (χ1v) is 2.29. The molecule has 1 aliphatic rings. The molecular weight excluding hydrogens is 86.1 g/mol. The Morgan fingerprint density at radius 3 is 2.86 bits per heavy atom. The van der Waals surface area contributed by atoms with E-state index in [0.29, 0.717) is 0 Å². The van der Waals surface area contributed by atoms with Crippen molar-refractivity contribution in [1.29, 1.82) is 5.41 Å². The highest BCUT2D eigenvalue weighted by atomic mass is 14.3. The maximum Gasteiger partial charge on any atom is 0.0212 e. The molecule has 7 heavy (non-hydrogen) atoms. The van der Waals surface area contributed by atoms with E-state index in [-0.39, 0.29) is 0 Å². The number of nitrogens with one attached hydrogen (secondary N) is 1. The summed E-state index contributed by atoms with van der Waals surface area (Å²) in [7, 11) is 0. The minimum absolute atomic E-state index is 0.948. The zero-order chi connectivity index (χ0) is 5.11. The molecule has 0 unspecified atom stereocenters. The van der Waals surface area contributed by atoms with E-state index in [9.17, 15) is 0 Å². The fraction of sp³-hybridized carbons (Fsp3) is 0.167. The van der Waals surface area contributed by atoms with Crippen LogP contribution in [-0.2, 0) is 0 Å². The molecule has 1 heteroatoms. The van der Waals surface area contributed by atoms with Crippen LogP contribution in [0.2, 0.25) is 0 Å². The minimum atomic E-state index is 0.948. The van der Waals surface area contributed by atoms with Gasteiger partial charge in [-0.05, 0) is 12.0 Å². The molecule has 0 radical (unpaired) electrons. The molecule has 0 heterocycles. The first-order valence-electron chi connectivity index (χ1n) is 2.29. The first kappa shape index (κ1) is 4.31. The van der Waals surface area contributed by atoms with E-state index in [0.717, 1.165) is 12.0 Å². The predicted molar refractivity (Wildman–Crippen MR) is 30.6 cm³/mol. The van der Waals surface area contributed by atoms with Crippen molar-refractivity contribution < 1.29 is 0 Å². The van der Waals surface area contributed by atoms with Crippen LogP contribution in [-0.4, -0.2) is 6.21 Å². The Labute approximate surface area is 42.9 Å². The second kappa shape index (κ2) is 1.73. The van der Waals surface area contributed by atoms with E-state index < -0.39 is 0 Å². The van der Waals surface area contributed by atoms with E-state index >= 15 is 0 Å². The summed E-state index contributed by atoms with van der Waals surface area (Å²) in [6.45, 7) is 0. The van der Waals surface area contributed by atoms with Crippen molar-refractivity contribution in [2.24, 2.45) is 0 Å². The Morgan fingerprint density at radius 1 is 1.71 bits per heavy atom. The Bertz CT molecular complexity index is 131. The lowest BCUT2D eigenvalue weighted by molar-refractivity contribution is 1.36.